The van der Waals surface area contributed by atoms with Crippen LogP contribution in [0.4, 0.5) is 11.4 Å². The molecule has 0 saturated carbocycles. The highest BCUT2D eigenvalue weighted by molar-refractivity contribution is 7.93. The highest BCUT2D eigenvalue weighted by Gasteiger charge is 2.20. The van der Waals surface area contributed by atoms with E-state index >= 15 is 0 Å². The van der Waals surface area contributed by atoms with E-state index in [1.165, 1.54) is 42.5 Å². The molecule has 0 spiro atoms. The maximum Gasteiger partial charge on any atom is 0.264 e. The molecule has 0 bridgehead atoms. The molecule has 2 N–H and O–H groups in total. The monoisotopic (exact) mass is 460 g/mol. The Kier molecular flexibility index (Phi) is 5.18. The lowest BCUT2D eigenvalue weighted by Crippen LogP contribution is -2.14. The second kappa shape index (κ2) is 7.67. The van der Waals surface area contributed by atoms with Gasteiger partial charge in [0.05, 0.1) is 16.6 Å². The third kappa shape index (κ3) is 4.13. The standard InChI is InChI=1S/C19H16N4O4S3/c1-13-5-11-16(12-6-13)29(24,25)22-14-7-9-15(10-8-14)23-30(26,27)18-4-2-3-17-19(18)21-28-20-17/h2-12,22-23H,1H3. The van der Waals surface area contributed by atoms with E-state index in [1.807, 2.05) is 6.92 Å². The van der Waals surface area contributed by atoms with Crippen LogP contribution in [0.15, 0.2) is 76.5 Å². The quantitative estimate of drug-likeness (QED) is 0.454. The molecule has 4 rings (SSSR count). The summed E-state index contributed by atoms with van der Waals surface area (Å²) < 4.78 is 63.5. The van der Waals surface area contributed by atoms with Crippen molar-refractivity contribution >= 4 is 54.2 Å². The van der Waals surface area contributed by atoms with Gasteiger partial charge in [0, 0.05) is 11.4 Å². The minimum Gasteiger partial charge on any atom is -0.280 e. The first-order valence-corrected chi connectivity index (χ1v) is 12.4. The second-order valence-corrected chi connectivity index (χ2v) is 10.4. The van der Waals surface area contributed by atoms with Gasteiger partial charge < -0.3 is 0 Å². The number of hydrogen-bond donors (Lipinski definition) is 2. The minimum absolute atomic E-state index is 0.0258. The number of hydrogen-bond acceptors (Lipinski definition) is 7. The van der Waals surface area contributed by atoms with Crippen LogP contribution in [0.3, 0.4) is 0 Å². The lowest BCUT2D eigenvalue weighted by molar-refractivity contribution is 0.599. The van der Waals surface area contributed by atoms with Gasteiger partial charge in [-0.3, -0.25) is 9.44 Å². The van der Waals surface area contributed by atoms with Crippen molar-refractivity contribution in [1.82, 2.24) is 8.75 Å². The molecule has 0 aliphatic rings. The first kappa shape index (κ1) is 20.3. The molecule has 8 nitrogen and oxygen atoms in total. The predicted octanol–water partition coefficient (Wildman–Crippen LogP) is 3.60. The van der Waals surface area contributed by atoms with Gasteiger partial charge in [0.25, 0.3) is 20.0 Å². The Morgan fingerprint density at radius 3 is 1.97 bits per heavy atom. The van der Waals surface area contributed by atoms with E-state index in [9.17, 15) is 16.8 Å². The van der Waals surface area contributed by atoms with Crippen LogP contribution in [0.1, 0.15) is 5.56 Å². The number of nitrogens with zero attached hydrogens (tertiary/aromatic N) is 2. The van der Waals surface area contributed by atoms with Crippen LogP contribution in [0.2, 0.25) is 0 Å². The Labute approximate surface area is 178 Å². The zero-order chi connectivity index (χ0) is 21.4. The Morgan fingerprint density at radius 1 is 0.733 bits per heavy atom. The van der Waals surface area contributed by atoms with Gasteiger partial charge in [0.2, 0.25) is 0 Å². The third-order valence-electron chi connectivity index (χ3n) is 4.26. The number of aryl methyl sites for hydroxylation is 1. The fourth-order valence-corrected chi connectivity index (χ4v) is 5.63. The molecule has 0 aliphatic carbocycles. The fraction of sp³-hybridized carbons (Fsp3) is 0.0526. The van der Waals surface area contributed by atoms with Crippen molar-refractivity contribution in [3.63, 3.8) is 0 Å². The van der Waals surface area contributed by atoms with Crippen LogP contribution >= 0.6 is 11.7 Å². The summed E-state index contributed by atoms with van der Waals surface area (Å²) in [6.07, 6.45) is 0. The SMILES string of the molecule is Cc1ccc(S(=O)(=O)Nc2ccc(NS(=O)(=O)c3cccc4nsnc34)cc2)cc1. The molecule has 11 heteroatoms. The van der Waals surface area contributed by atoms with E-state index in [-0.39, 0.29) is 15.5 Å². The topological polar surface area (TPSA) is 118 Å². The average molecular weight is 461 g/mol. The van der Waals surface area contributed by atoms with Gasteiger partial charge in [-0.2, -0.15) is 8.75 Å². The molecular weight excluding hydrogens is 444 g/mol. The molecule has 0 saturated heterocycles. The largest absolute Gasteiger partial charge is 0.280 e. The van der Waals surface area contributed by atoms with Crippen LogP contribution in [0, 0.1) is 6.92 Å². The molecule has 0 fully saturated rings. The first-order chi connectivity index (χ1) is 14.2. The highest BCUT2D eigenvalue weighted by atomic mass is 32.2. The summed E-state index contributed by atoms with van der Waals surface area (Å²) in [7, 11) is -7.63. The van der Waals surface area contributed by atoms with E-state index in [0.717, 1.165) is 17.3 Å². The zero-order valence-electron chi connectivity index (χ0n) is 15.6. The van der Waals surface area contributed by atoms with Crippen molar-refractivity contribution in [3.05, 3.63) is 72.3 Å². The minimum atomic E-state index is -3.89. The van der Waals surface area contributed by atoms with Gasteiger partial charge in [-0.05, 0) is 55.5 Å². The van der Waals surface area contributed by atoms with Gasteiger partial charge in [-0.25, -0.2) is 16.8 Å². The maximum atomic E-state index is 12.8. The lowest BCUT2D eigenvalue weighted by atomic mass is 10.2. The third-order valence-corrected chi connectivity index (χ3v) is 7.61. The van der Waals surface area contributed by atoms with Gasteiger partial charge >= 0.3 is 0 Å². The van der Waals surface area contributed by atoms with Crippen molar-refractivity contribution in [2.75, 3.05) is 9.44 Å². The number of benzene rings is 3. The van der Waals surface area contributed by atoms with Gasteiger partial charge in [-0.15, -0.1) is 0 Å². The van der Waals surface area contributed by atoms with E-state index in [0.29, 0.717) is 16.7 Å². The Balaban J connectivity index is 1.54. The molecule has 1 heterocycles. The molecule has 0 amide bonds. The first-order valence-electron chi connectivity index (χ1n) is 8.68. The molecule has 154 valence electrons. The summed E-state index contributed by atoms with van der Waals surface area (Å²) in [5.41, 5.74) is 2.36. The van der Waals surface area contributed by atoms with Gasteiger partial charge in [0.15, 0.2) is 0 Å². The molecule has 4 aromatic rings. The van der Waals surface area contributed by atoms with Crippen molar-refractivity contribution in [2.45, 2.75) is 16.7 Å². The number of nitrogens with one attached hydrogen (secondary N) is 2. The van der Waals surface area contributed by atoms with Crippen LogP contribution in [-0.4, -0.2) is 25.6 Å². The normalized spacial score (nSPS) is 12.0. The van der Waals surface area contributed by atoms with Crippen LogP contribution in [0.25, 0.3) is 11.0 Å². The van der Waals surface area contributed by atoms with Crippen LogP contribution < -0.4 is 9.44 Å². The lowest BCUT2D eigenvalue weighted by Gasteiger charge is -2.11. The number of anilines is 2. The van der Waals surface area contributed by atoms with Crippen molar-refractivity contribution in [3.8, 4) is 0 Å². The molecule has 0 atom stereocenters. The van der Waals surface area contributed by atoms with Gasteiger partial charge in [0.1, 0.15) is 15.9 Å². The van der Waals surface area contributed by atoms with E-state index in [2.05, 4.69) is 18.2 Å². The van der Waals surface area contributed by atoms with Crippen LogP contribution in [-0.2, 0) is 20.0 Å². The zero-order valence-corrected chi connectivity index (χ0v) is 18.1. The number of fused-ring (bicyclic) bond motifs is 1. The average Bonchev–Trinajstić information content (AvgIpc) is 3.18. The molecule has 0 radical (unpaired) electrons. The van der Waals surface area contributed by atoms with E-state index in [1.54, 1.807) is 24.3 Å². The highest BCUT2D eigenvalue weighted by Crippen LogP contribution is 2.25. The molecule has 0 unspecified atom stereocenters. The predicted molar refractivity (Wildman–Crippen MR) is 117 cm³/mol. The number of sulfonamides is 2. The molecule has 3 aromatic carbocycles. The fourth-order valence-electron chi connectivity index (χ4n) is 2.75. The number of rotatable bonds is 6. The smallest absolute Gasteiger partial charge is 0.264 e. The van der Waals surface area contributed by atoms with E-state index < -0.39 is 20.0 Å². The van der Waals surface area contributed by atoms with E-state index in [4.69, 9.17) is 0 Å². The Hall–Kier alpha value is -3.02. The maximum absolute atomic E-state index is 12.8. The van der Waals surface area contributed by atoms with Crippen molar-refractivity contribution < 1.29 is 16.8 Å². The summed E-state index contributed by atoms with van der Waals surface area (Å²) in [6.45, 7) is 1.87. The second-order valence-electron chi connectivity index (χ2n) is 6.49. The Bertz CT molecular complexity index is 1410. The number of aromatic nitrogens is 2. The van der Waals surface area contributed by atoms with Crippen LogP contribution in [0.5, 0.6) is 0 Å². The summed E-state index contributed by atoms with van der Waals surface area (Å²) in [5, 5.41) is 0. The molecule has 30 heavy (non-hydrogen) atoms. The molecule has 0 aliphatic heterocycles. The Morgan fingerprint density at radius 2 is 1.33 bits per heavy atom. The van der Waals surface area contributed by atoms with Crippen molar-refractivity contribution in [1.29, 1.82) is 0 Å². The summed E-state index contributed by atoms with van der Waals surface area (Å²) in [4.78, 5) is 0.167. The van der Waals surface area contributed by atoms with Gasteiger partial charge in [-0.1, -0.05) is 23.8 Å². The van der Waals surface area contributed by atoms with Crippen molar-refractivity contribution in [2.24, 2.45) is 0 Å². The molecular formula is C19H16N4O4S3. The summed E-state index contributed by atoms with van der Waals surface area (Å²) >= 11 is 0.938. The molecule has 1 aromatic heterocycles. The summed E-state index contributed by atoms with van der Waals surface area (Å²) in [6, 6.07) is 17.1. The summed E-state index contributed by atoms with van der Waals surface area (Å²) in [5.74, 6) is 0.